The summed E-state index contributed by atoms with van der Waals surface area (Å²) in [5.41, 5.74) is 0.868. The van der Waals surface area contributed by atoms with Gasteiger partial charge in [0.05, 0.1) is 16.8 Å². The van der Waals surface area contributed by atoms with Gasteiger partial charge in [0.1, 0.15) is 6.10 Å². The summed E-state index contributed by atoms with van der Waals surface area (Å²) in [6, 6.07) is 11.3. The van der Waals surface area contributed by atoms with Crippen LogP contribution in [0.25, 0.3) is 10.2 Å². The van der Waals surface area contributed by atoms with Crippen molar-refractivity contribution < 1.29 is 9.53 Å². The Morgan fingerprint density at radius 3 is 3.00 bits per heavy atom. The Morgan fingerprint density at radius 2 is 2.17 bits per heavy atom. The van der Waals surface area contributed by atoms with E-state index in [9.17, 15) is 4.79 Å². The highest BCUT2D eigenvalue weighted by Gasteiger charge is 2.30. The average Bonchev–Trinajstić information content (AvgIpc) is 3.21. The van der Waals surface area contributed by atoms with E-state index in [0.717, 1.165) is 16.6 Å². The molecule has 1 unspecified atom stereocenters. The summed E-state index contributed by atoms with van der Waals surface area (Å²) in [6.45, 7) is 1.21. The molecule has 1 aromatic carbocycles. The van der Waals surface area contributed by atoms with Crippen molar-refractivity contribution in [3.63, 3.8) is 0 Å². The van der Waals surface area contributed by atoms with E-state index in [-0.39, 0.29) is 12.0 Å². The maximum atomic E-state index is 12.6. The van der Waals surface area contributed by atoms with Gasteiger partial charge in [-0.1, -0.05) is 12.1 Å². The first-order valence-corrected chi connectivity index (χ1v) is 8.20. The third-order valence-corrected chi connectivity index (χ3v) is 4.77. The van der Waals surface area contributed by atoms with Crippen LogP contribution in [-0.2, 0) is 0 Å². The number of likely N-dealkylation sites (tertiary alicyclic amines) is 1. The molecule has 0 aliphatic carbocycles. The molecule has 2 aromatic heterocycles. The summed E-state index contributed by atoms with van der Waals surface area (Å²) >= 11 is 1.43. The largest absolute Gasteiger partial charge is 0.471 e. The molecular weight excluding hydrogens is 312 g/mol. The van der Waals surface area contributed by atoms with E-state index in [1.807, 2.05) is 24.3 Å². The van der Waals surface area contributed by atoms with E-state index in [1.54, 1.807) is 23.2 Å². The van der Waals surface area contributed by atoms with Crippen molar-refractivity contribution in [1.82, 2.24) is 20.1 Å². The number of amides is 1. The number of ether oxygens (including phenoxy) is 1. The second-order valence-electron chi connectivity index (χ2n) is 5.33. The molecule has 7 heteroatoms. The fourth-order valence-electron chi connectivity index (χ4n) is 2.63. The molecule has 0 bridgehead atoms. The molecule has 23 heavy (non-hydrogen) atoms. The van der Waals surface area contributed by atoms with Gasteiger partial charge in [0.15, 0.2) is 5.01 Å². The van der Waals surface area contributed by atoms with Gasteiger partial charge in [-0.05, 0) is 18.2 Å². The number of rotatable bonds is 3. The maximum Gasteiger partial charge on any atom is 0.283 e. The molecule has 3 aromatic rings. The van der Waals surface area contributed by atoms with Gasteiger partial charge in [0.25, 0.3) is 5.91 Å². The maximum absolute atomic E-state index is 12.6. The second-order valence-corrected chi connectivity index (χ2v) is 6.36. The lowest BCUT2D eigenvalue weighted by Gasteiger charge is -2.15. The Morgan fingerprint density at radius 1 is 1.26 bits per heavy atom. The quantitative estimate of drug-likeness (QED) is 0.739. The van der Waals surface area contributed by atoms with Crippen LogP contribution in [0.15, 0.2) is 42.6 Å². The van der Waals surface area contributed by atoms with Crippen LogP contribution < -0.4 is 4.74 Å². The highest BCUT2D eigenvalue weighted by Crippen LogP contribution is 2.24. The number of benzene rings is 1. The van der Waals surface area contributed by atoms with Gasteiger partial charge in [-0.15, -0.1) is 16.4 Å². The predicted molar refractivity (Wildman–Crippen MR) is 86.6 cm³/mol. The zero-order valence-electron chi connectivity index (χ0n) is 12.3. The Kier molecular flexibility index (Phi) is 3.63. The highest BCUT2D eigenvalue weighted by atomic mass is 32.1. The van der Waals surface area contributed by atoms with Crippen molar-refractivity contribution in [2.24, 2.45) is 0 Å². The van der Waals surface area contributed by atoms with Crippen molar-refractivity contribution in [2.45, 2.75) is 12.5 Å². The number of hydrogen-bond acceptors (Lipinski definition) is 6. The lowest BCUT2D eigenvalue weighted by molar-refractivity contribution is 0.0771. The van der Waals surface area contributed by atoms with Crippen LogP contribution in [-0.4, -0.2) is 45.2 Å². The number of fused-ring (bicyclic) bond motifs is 1. The molecule has 116 valence electrons. The lowest BCUT2D eigenvalue weighted by Crippen LogP contribution is -2.30. The Hall–Kier alpha value is -2.54. The summed E-state index contributed by atoms with van der Waals surface area (Å²) in [5, 5.41) is 8.24. The molecule has 0 saturated carbocycles. The molecule has 1 aliphatic rings. The minimum Gasteiger partial charge on any atom is -0.471 e. The Bertz CT molecular complexity index is 803. The van der Waals surface area contributed by atoms with E-state index in [1.165, 1.54) is 11.3 Å². The van der Waals surface area contributed by atoms with Crippen LogP contribution in [0.3, 0.4) is 0 Å². The molecule has 0 N–H and O–H groups in total. The van der Waals surface area contributed by atoms with E-state index in [4.69, 9.17) is 4.74 Å². The lowest BCUT2D eigenvalue weighted by atomic mass is 10.3. The first-order chi connectivity index (χ1) is 11.3. The van der Waals surface area contributed by atoms with Gasteiger partial charge in [-0.25, -0.2) is 4.98 Å². The van der Waals surface area contributed by atoms with Crippen LogP contribution in [0.4, 0.5) is 0 Å². The normalized spacial score (nSPS) is 17.6. The number of aromatic nitrogens is 3. The molecule has 1 fully saturated rings. The fraction of sp³-hybridized carbons (Fsp3) is 0.250. The molecule has 0 spiro atoms. The molecule has 1 saturated heterocycles. The summed E-state index contributed by atoms with van der Waals surface area (Å²) in [7, 11) is 0. The van der Waals surface area contributed by atoms with Crippen molar-refractivity contribution in [3.05, 3.63) is 47.6 Å². The molecule has 1 aliphatic heterocycles. The summed E-state index contributed by atoms with van der Waals surface area (Å²) < 4.78 is 6.80. The van der Waals surface area contributed by atoms with Crippen LogP contribution in [0, 0.1) is 0 Å². The van der Waals surface area contributed by atoms with Gasteiger partial charge in [-0.3, -0.25) is 4.79 Å². The minimum absolute atomic E-state index is 0.0311. The van der Waals surface area contributed by atoms with E-state index in [2.05, 4.69) is 15.2 Å². The Labute approximate surface area is 136 Å². The van der Waals surface area contributed by atoms with Gasteiger partial charge in [0.2, 0.25) is 5.88 Å². The van der Waals surface area contributed by atoms with Crippen molar-refractivity contribution in [3.8, 4) is 5.88 Å². The van der Waals surface area contributed by atoms with Crippen LogP contribution in [0.5, 0.6) is 5.88 Å². The number of hydrogen-bond donors (Lipinski definition) is 0. The third kappa shape index (κ3) is 2.87. The van der Waals surface area contributed by atoms with Crippen LogP contribution in [0.1, 0.15) is 16.2 Å². The highest BCUT2D eigenvalue weighted by molar-refractivity contribution is 7.20. The number of para-hydroxylation sites is 1. The van der Waals surface area contributed by atoms with Gasteiger partial charge < -0.3 is 9.64 Å². The van der Waals surface area contributed by atoms with Crippen molar-refractivity contribution in [1.29, 1.82) is 0 Å². The summed E-state index contributed by atoms with van der Waals surface area (Å²) in [4.78, 5) is 18.8. The monoisotopic (exact) mass is 326 g/mol. The molecule has 1 atom stereocenters. The molecular formula is C16H14N4O2S. The van der Waals surface area contributed by atoms with Gasteiger partial charge >= 0.3 is 0 Å². The summed E-state index contributed by atoms with van der Waals surface area (Å²) in [5.74, 6) is 0.461. The van der Waals surface area contributed by atoms with Crippen LogP contribution in [0.2, 0.25) is 0 Å². The van der Waals surface area contributed by atoms with Gasteiger partial charge in [0, 0.05) is 25.2 Å². The minimum atomic E-state index is -0.0509. The summed E-state index contributed by atoms with van der Waals surface area (Å²) in [6.07, 6.45) is 2.34. The second kappa shape index (κ2) is 5.92. The Balaban J connectivity index is 1.45. The predicted octanol–water partition coefficient (Wildman–Crippen LogP) is 2.38. The van der Waals surface area contributed by atoms with Crippen molar-refractivity contribution >= 4 is 27.5 Å². The number of carbonyl (C=O) groups is 1. The van der Waals surface area contributed by atoms with Gasteiger partial charge in [-0.2, -0.15) is 5.10 Å². The smallest absolute Gasteiger partial charge is 0.283 e. The standard InChI is InChI=1S/C16H14N4O2S/c21-16(15-18-12-4-1-2-5-13(12)23-15)20-9-7-11(10-20)22-14-6-3-8-17-19-14/h1-6,8,11H,7,9-10H2. The number of thiazole rings is 1. The third-order valence-electron chi connectivity index (χ3n) is 3.74. The van der Waals surface area contributed by atoms with Crippen LogP contribution >= 0.6 is 11.3 Å². The number of nitrogens with zero attached hydrogens (tertiary/aromatic N) is 4. The molecule has 4 rings (SSSR count). The van der Waals surface area contributed by atoms with E-state index in [0.29, 0.717) is 24.0 Å². The van der Waals surface area contributed by atoms with Crippen molar-refractivity contribution in [2.75, 3.05) is 13.1 Å². The SMILES string of the molecule is O=C(c1nc2ccccc2s1)N1CCC(Oc2cccnn2)C1. The average molecular weight is 326 g/mol. The zero-order chi connectivity index (χ0) is 15.6. The first kappa shape index (κ1) is 14.1. The zero-order valence-corrected chi connectivity index (χ0v) is 13.1. The molecule has 1 amide bonds. The fourth-order valence-corrected chi connectivity index (χ4v) is 3.56. The van der Waals surface area contributed by atoms with E-state index >= 15 is 0 Å². The molecule has 3 heterocycles. The molecule has 6 nitrogen and oxygen atoms in total. The van der Waals surface area contributed by atoms with E-state index < -0.39 is 0 Å². The topological polar surface area (TPSA) is 68.2 Å². The molecule has 0 radical (unpaired) electrons. The number of carbonyl (C=O) groups excluding carboxylic acids is 1. The first-order valence-electron chi connectivity index (χ1n) is 7.39.